The number of rotatable bonds is 7. The van der Waals surface area contributed by atoms with E-state index in [1.165, 1.54) is 0 Å². The zero-order valence-corrected chi connectivity index (χ0v) is 22.4. The zero-order chi connectivity index (χ0) is 25.0. The van der Waals surface area contributed by atoms with Crippen molar-refractivity contribution in [3.63, 3.8) is 0 Å². The van der Waals surface area contributed by atoms with Gasteiger partial charge in [-0.1, -0.05) is 53.7 Å². The molecule has 0 aliphatic carbocycles. The highest BCUT2D eigenvalue weighted by atomic mass is 79.9. The van der Waals surface area contributed by atoms with Crippen molar-refractivity contribution in [1.29, 1.82) is 0 Å². The SMILES string of the molecule is COc1cc(/C=N\NC(=O)CCc2cc(C(C)(C)C)c(O)c(C(C)(C)C)c2)cc(Br)c1OC. The molecule has 2 aromatic carbocycles. The second kappa shape index (κ2) is 10.6. The van der Waals surface area contributed by atoms with Crippen LogP contribution in [0.2, 0.25) is 0 Å². The van der Waals surface area contributed by atoms with Crippen LogP contribution >= 0.6 is 15.9 Å². The quantitative estimate of drug-likeness (QED) is 0.355. The van der Waals surface area contributed by atoms with Crippen molar-refractivity contribution in [3.05, 3.63) is 51.0 Å². The van der Waals surface area contributed by atoms with Crippen molar-refractivity contribution >= 4 is 28.1 Å². The fourth-order valence-electron chi connectivity index (χ4n) is 3.49. The van der Waals surface area contributed by atoms with Crippen molar-refractivity contribution in [3.8, 4) is 17.2 Å². The molecule has 7 heteroatoms. The van der Waals surface area contributed by atoms with E-state index in [1.54, 1.807) is 26.5 Å². The molecule has 0 bridgehead atoms. The van der Waals surface area contributed by atoms with Crippen molar-refractivity contribution in [2.75, 3.05) is 14.2 Å². The molecule has 2 N–H and O–H groups in total. The summed E-state index contributed by atoms with van der Waals surface area (Å²) in [6.07, 6.45) is 2.39. The normalized spacial score (nSPS) is 12.2. The Kier molecular flexibility index (Phi) is 8.57. The number of hydrazone groups is 1. The molecule has 2 rings (SSSR count). The molecule has 0 saturated heterocycles. The first-order valence-corrected chi connectivity index (χ1v) is 11.7. The number of hydrogen-bond donors (Lipinski definition) is 2. The Hall–Kier alpha value is -2.54. The average Bonchev–Trinajstić information content (AvgIpc) is 2.70. The van der Waals surface area contributed by atoms with Crippen LogP contribution in [0.5, 0.6) is 17.2 Å². The van der Waals surface area contributed by atoms with Crippen LogP contribution in [0.4, 0.5) is 0 Å². The second-order valence-corrected chi connectivity index (χ2v) is 10.9. The smallest absolute Gasteiger partial charge is 0.240 e. The summed E-state index contributed by atoms with van der Waals surface area (Å²) in [5.41, 5.74) is 5.72. The molecule has 0 fully saturated rings. The molecule has 0 aliphatic rings. The van der Waals surface area contributed by atoms with Crippen molar-refractivity contribution in [2.45, 2.75) is 65.2 Å². The van der Waals surface area contributed by atoms with Crippen LogP contribution in [0.25, 0.3) is 0 Å². The van der Waals surface area contributed by atoms with E-state index in [0.29, 0.717) is 23.7 Å². The molecule has 0 radical (unpaired) electrons. The summed E-state index contributed by atoms with van der Waals surface area (Å²) in [5, 5.41) is 14.9. The predicted molar refractivity (Wildman–Crippen MR) is 137 cm³/mol. The zero-order valence-electron chi connectivity index (χ0n) is 20.8. The van der Waals surface area contributed by atoms with Gasteiger partial charge in [0.1, 0.15) is 5.75 Å². The molecule has 33 heavy (non-hydrogen) atoms. The summed E-state index contributed by atoms with van der Waals surface area (Å²) in [6, 6.07) is 7.61. The number of ether oxygens (including phenoxy) is 2. The summed E-state index contributed by atoms with van der Waals surface area (Å²) in [6.45, 7) is 12.5. The van der Waals surface area contributed by atoms with Crippen LogP contribution in [0, 0.1) is 0 Å². The van der Waals surface area contributed by atoms with Gasteiger partial charge >= 0.3 is 0 Å². The van der Waals surface area contributed by atoms with E-state index in [4.69, 9.17) is 9.47 Å². The number of phenolic OH excluding ortho intramolecular Hbond substituents is 1. The predicted octanol–water partition coefficient (Wildman–Crippen LogP) is 5.85. The highest BCUT2D eigenvalue weighted by Crippen LogP contribution is 2.40. The van der Waals surface area contributed by atoms with Gasteiger partial charge in [-0.05, 0) is 67.6 Å². The second-order valence-electron chi connectivity index (χ2n) is 10.1. The fraction of sp³-hybridized carbons (Fsp3) is 0.462. The summed E-state index contributed by atoms with van der Waals surface area (Å²) in [4.78, 5) is 12.4. The Morgan fingerprint density at radius 2 is 1.61 bits per heavy atom. The Morgan fingerprint density at radius 3 is 2.09 bits per heavy atom. The van der Waals surface area contributed by atoms with Crippen LogP contribution < -0.4 is 14.9 Å². The van der Waals surface area contributed by atoms with Gasteiger partial charge in [-0.15, -0.1) is 0 Å². The molecular formula is C26H35BrN2O4. The monoisotopic (exact) mass is 518 g/mol. The largest absolute Gasteiger partial charge is 0.507 e. The molecule has 0 atom stereocenters. The van der Waals surface area contributed by atoms with Gasteiger partial charge in [0.25, 0.3) is 0 Å². The summed E-state index contributed by atoms with van der Waals surface area (Å²) < 4.78 is 11.4. The lowest BCUT2D eigenvalue weighted by Crippen LogP contribution is -2.20. The Bertz CT molecular complexity index is 999. The summed E-state index contributed by atoms with van der Waals surface area (Å²) in [7, 11) is 3.13. The van der Waals surface area contributed by atoms with Gasteiger partial charge in [-0.25, -0.2) is 5.43 Å². The number of benzene rings is 2. The van der Waals surface area contributed by atoms with Gasteiger partial charge in [-0.3, -0.25) is 4.79 Å². The number of methoxy groups -OCH3 is 2. The molecule has 2 aromatic rings. The maximum atomic E-state index is 12.4. The fourth-order valence-corrected chi connectivity index (χ4v) is 4.11. The maximum absolute atomic E-state index is 12.4. The highest BCUT2D eigenvalue weighted by Gasteiger charge is 2.26. The number of nitrogens with zero attached hydrogens (tertiary/aromatic N) is 1. The molecule has 0 unspecified atom stereocenters. The van der Waals surface area contributed by atoms with Gasteiger partial charge in [0.05, 0.1) is 24.9 Å². The third kappa shape index (κ3) is 6.97. The van der Waals surface area contributed by atoms with Gasteiger partial charge in [0.15, 0.2) is 11.5 Å². The van der Waals surface area contributed by atoms with E-state index in [9.17, 15) is 9.90 Å². The molecule has 0 saturated carbocycles. The lowest BCUT2D eigenvalue weighted by Gasteiger charge is -2.28. The van der Waals surface area contributed by atoms with Gasteiger partial charge in [-0.2, -0.15) is 5.10 Å². The van der Waals surface area contributed by atoms with Crippen LogP contribution in [-0.4, -0.2) is 31.4 Å². The maximum Gasteiger partial charge on any atom is 0.240 e. The van der Waals surface area contributed by atoms with E-state index in [2.05, 4.69) is 68.0 Å². The van der Waals surface area contributed by atoms with E-state index in [-0.39, 0.29) is 23.2 Å². The van der Waals surface area contributed by atoms with Crippen molar-refractivity contribution in [1.82, 2.24) is 5.43 Å². The molecule has 0 spiro atoms. The molecule has 0 aromatic heterocycles. The minimum absolute atomic E-state index is 0.187. The molecule has 6 nitrogen and oxygen atoms in total. The van der Waals surface area contributed by atoms with Gasteiger partial charge in [0, 0.05) is 6.42 Å². The minimum Gasteiger partial charge on any atom is -0.507 e. The van der Waals surface area contributed by atoms with E-state index in [0.717, 1.165) is 26.7 Å². The first-order valence-electron chi connectivity index (χ1n) is 10.9. The van der Waals surface area contributed by atoms with E-state index < -0.39 is 0 Å². The van der Waals surface area contributed by atoms with Crippen molar-refractivity contribution in [2.24, 2.45) is 5.10 Å². The number of nitrogens with one attached hydrogen (secondary N) is 1. The van der Waals surface area contributed by atoms with E-state index >= 15 is 0 Å². The molecular weight excluding hydrogens is 484 g/mol. The van der Waals surface area contributed by atoms with Gasteiger partial charge < -0.3 is 14.6 Å². The number of amides is 1. The third-order valence-electron chi connectivity index (χ3n) is 5.29. The lowest BCUT2D eigenvalue weighted by molar-refractivity contribution is -0.121. The molecule has 180 valence electrons. The number of phenols is 1. The summed E-state index contributed by atoms with van der Waals surface area (Å²) in [5.74, 6) is 1.32. The molecule has 1 amide bonds. The molecule has 0 heterocycles. The van der Waals surface area contributed by atoms with Crippen LogP contribution in [-0.2, 0) is 22.0 Å². The Labute approximate surface area is 205 Å². The topological polar surface area (TPSA) is 80.2 Å². The van der Waals surface area contributed by atoms with Crippen LogP contribution in [0.15, 0.2) is 33.8 Å². The van der Waals surface area contributed by atoms with Crippen LogP contribution in [0.3, 0.4) is 0 Å². The number of aryl methyl sites for hydroxylation is 1. The van der Waals surface area contributed by atoms with Crippen molar-refractivity contribution < 1.29 is 19.4 Å². The Morgan fingerprint density at radius 1 is 1.03 bits per heavy atom. The highest BCUT2D eigenvalue weighted by molar-refractivity contribution is 9.10. The standard InChI is InChI=1S/C26H35BrN2O4/c1-25(2,3)18-11-16(12-19(23(18)31)26(4,5)6)9-10-22(30)29-28-15-17-13-20(27)24(33-8)21(14-17)32-7/h11-15,31H,9-10H2,1-8H3,(H,29,30)/b28-15-. The number of hydrogen-bond acceptors (Lipinski definition) is 5. The number of aromatic hydroxyl groups is 1. The first kappa shape index (κ1) is 26.7. The van der Waals surface area contributed by atoms with E-state index in [1.807, 2.05) is 18.2 Å². The molecule has 0 aliphatic heterocycles. The minimum atomic E-state index is -0.208. The summed E-state index contributed by atoms with van der Waals surface area (Å²) >= 11 is 3.44. The third-order valence-corrected chi connectivity index (χ3v) is 5.87. The number of carbonyl (C=O) groups is 1. The number of halogens is 1. The van der Waals surface area contributed by atoms with Gasteiger partial charge in [0.2, 0.25) is 5.91 Å². The first-order chi connectivity index (χ1) is 15.3. The number of carbonyl (C=O) groups excluding carboxylic acids is 1. The Balaban J connectivity index is 2.12. The average molecular weight is 519 g/mol. The lowest BCUT2D eigenvalue weighted by atomic mass is 9.78. The van der Waals surface area contributed by atoms with Crippen LogP contribution in [0.1, 0.15) is 70.2 Å².